The van der Waals surface area contributed by atoms with E-state index in [0.29, 0.717) is 43.5 Å². The van der Waals surface area contributed by atoms with Crippen LogP contribution < -0.4 is 15.4 Å². The topological polar surface area (TPSA) is 105 Å². The van der Waals surface area contributed by atoms with Crippen LogP contribution in [0.4, 0.5) is 10.5 Å². The molecule has 32 heavy (non-hydrogen) atoms. The number of aliphatic carboxylic acids is 1. The number of Topliss-reactive ketones (excluding diaryl/α,β-unsaturated/α-hetero) is 1. The van der Waals surface area contributed by atoms with E-state index in [2.05, 4.69) is 10.6 Å². The highest BCUT2D eigenvalue weighted by molar-refractivity contribution is 5.96. The first-order valence-corrected chi connectivity index (χ1v) is 11.1. The number of ether oxygens (including phenoxy) is 1. The normalized spacial score (nSPS) is 17.9. The number of ketones is 1. The number of carbonyl (C=O) groups is 3. The third-order valence-corrected chi connectivity index (χ3v) is 5.76. The fourth-order valence-corrected chi connectivity index (χ4v) is 3.81. The van der Waals surface area contributed by atoms with E-state index in [0.717, 1.165) is 24.1 Å². The van der Waals surface area contributed by atoms with E-state index >= 15 is 0 Å². The second kappa shape index (κ2) is 11.3. The van der Waals surface area contributed by atoms with Gasteiger partial charge in [-0.15, -0.1) is 0 Å². The van der Waals surface area contributed by atoms with Gasteiger partial charge < -0.3 is 20.5 Å². The molecule has 0 aromatic heterocycles. The van der Waals surface area contributed by atoms with Crippen molar-refractivity contribution in [3.8, 4) is 5.75 Å². The number of hydrogen-bond donors (Lipinski definition) is 3. The molecule has 0 bridgehead atoms. The standard InChI is InChI=1S/C25H30N2O5/c1-17-5-2-3-6-22(17)27-25(31)26-16-4-7-23(28)18-8-12-20(13-9-18)32-21-14-10-19(11-15-21)24(29)30/h2-3,5-6,8-9,12-13,19,21H,4,7,10-11,14-16H2,1H3,(H,29,30)(H2,26,27,31). The third kappa shape index (κ3) is 6.83. The van der Waals surface area contributed by atoms with Gasteiger partial charge in [-0.2, -0.15) is 0 Å². The molecule has 170 valence electrons. The Labute approximate surface area is 188 Å². The summed E-state index contributed by atoms with van der Waals surface area (Å²) in [6.45, 7) is 2.33. The van der Waals surface area contributed by atoms with Crippen LogP contribution in [0.25, 0.3) is 0 Å². The predicted octanol–water partition coefficient (Wildman–Crippen LogP) is 4.80. The highest BCUT2D eigenvalue weighted by Gasteiger charge is 2.26. The Bertz CT molecular complexity index is 934. The van der Waals surface area contributed by atoms with Gasteiger partial charge >= 0.3 is 12.0 Å². The van der Waals surface area contributed by atoms with Gasteiger partial charge in [-0.1, -0.05) is 18.2 Å². The van der Waals surface area contributed by atoms with Crippen LogP contribution in [-0.2, 0) is 4.79 Å². The molecule has 2 amide bonds. The fraction of sp³-hybridized carbons (Fsp3) is 0.400. The first-order valence-electron chi connectivity index (χ1n) is 11.1. The molecule has 1 fully saturated rings. The molecule has 0 heterocycles. The number of aryl methyl sites for hydroxylation is 1. The Balaban J connectivity index is 1.36. The first kappa shape index (κ1) is 23.3. The summed E-state index contributed by atoms with van der Waals surface area (Å²) in [7, 11) is 0. The van der Waals surface area contributed by atoms with Crippen molar-refractivity contribution in [1.29, 1.82) is 0 Å². The van der Waals surface area contributed by atoms with Crippen LogP contribution in [0.2, 0.25) is 0 Å². The summed E-state index contributed by atoms with van der Waals surface area (Å²) in [5.41, 5.74) is 2.35. The van der Waals surface area contributed by atoms with Crippen molar-refractivity contribution in [1.82, 2.24) is 5.32 Å². The van der Waals surface area contributed by atoms with Gasteiger partial charge in [-0.25, -0.2) is 4.79 Å². The summed E-state index contributed by atoms with van der Waals surface area (Å²) < 4.78 is 5.94. The van der Waals surface area contributed by atoms with Crippen LogP contribution in [0.3, 0.4) is 0 Å². The molecule has 2 aromatic rings. The monoisotopic (exact) mass is 438 g/mol. The van der Waals surface area contributed by atoms with E-state index in [1.54, 1.807) is 24.3 Å². The fourth-order valence-electron chi connectivity index (χ4n) is 3.81. The van der Waals surface area contributed by atoms with Gasteiger partial charge in [0.05, 0.1) is 12.0 Å². The Morgan fingerprint density at radius 1 is 1.00 bits per heavy atom. The molecule has 0 spiro atoms. The summed E-state index contributed by atoms with van der Waals surface area (Å²) >= 11 is 0. The lowest BCUT2D eigenvalue weighted by Gasteiger charge is -2.26. The Morgan fingerprint density at radius 2 is 1.69 bits per heavy atom. The third-order valence-electron chi connectivity index (χ3n) is 5.76. The number of carbonyl (C=O) groups excluding carboxylic acids is 2. The number of carboxylic acid groups (broad SMARTS) is 1. The average Bonchev–Trinajstić information content (AvgIpc) is 2.79. The highest BCUT2D eigenvalue weighted by Crippen LogP contribution is 2.28. The zero-order valence-corrected chi connectivity index (χ0v) is 18.3. The van der Waals surface area contributed by atoms with Crippen LogP contribution in [0.15, 0.2) is 48.5 Å². The summed E-state index contributed by atoms with van der Waals surface area (Å²) in [6, 6.07) is 14.3. The molecule has 2 aromatic carbocycles. The molecule has 0 atom stereocenters. The second-order valence-electron chi connectivity index (χ2n) is 8.18. The van der Waals surface area contributed by atoms with Gasteiger partial charge in [-0.05, 0) is 74.9 Å². The molecule has 7 heteroatoms. The van der Waals surface area contributed by atoms with Crippen LogP contribution >= 0.6 is 0 Å². The molecule has 0 unspecified atom stereocenters. The van der Waals surface area contributed by atoms with Crippen molar-refractivity contribution in [2.24, 2.45) is 5.92 Å². The van der Waals surface area contributed by atoms with Crippen molar-refractivity contribution in [3.05, 3.63) is 59.7 Å². The lowest BCUT2D eigenvalue weighted by atomic mass is 9.87. The van der Waals surface area contributed by atoms with Crippen molar-refractivity contribution >= 4 is 23.5 Å². The summed E-state index contributed by atoms with van der Waals surface area (Å²) in [4.78, 5) is 35.4. The van der Waals surface area contributed by atoms with Crippen LogP contribution in [0.1, 0.15) is 54.4 Å². The molecule has 0 radical (unpaired) electrons. The van der Waals surface area contributed by atoms with Gasteiger partial charge in [0.1, 0.15) is 5.75 Å². The van der Waals surface area contributed by atoms with Crippen molar-refractivity contribution in [2.45, 2.75) is 51.6 Å². The maximum Gasteiger partial charge on any atom is 0.319 e. The second-order valence-corrected chi connectivity index (χ2v) is 8.18. The Kier molecular flexibility index (Phi) is 8.25. The van der Waals surface area contributed by atoms with Gasteiger partial charge in [0.15, 0.2) is 5.78 Å². The molecular formula is C25H30N2O5. The molecular weight excluding hydrogens is 408 g/mol. The minimum absolute atomic E-state index is 0.0135. The number of carboxylic acids is 1. The van der Waals surface area contributed by atoms with Gasteiger partial charge in [0, 0.05) is 24.2 Å². The van der Waals surface area contributed by atoms with Crippen LogP contribution in [-0.4, -0.2) is 35.5 Å². The van der Waals surface area contributed by atoms with Gasteiger partial charge in [-0.3, -0.25) is 9.59 Å². The van der Waals surface area contributed by atoms with Crippen molar-refractivity contribution < 1.29 is 24.2 Å². The SMILES string of the molecule is Cc1ccccc1NC(=O)NCCCC(=O)c1ccc(OC2CCC(C(=O)O)CC2)cc1. The minimum atomic E-state index is -0.728. The number of amides is 2. The maximum atomic E-state index is 12.4. The van der Waals surface area contributed by atoms with Gasteiger partial charge in [0.25, 0.3) is 0 Å². The molecule has 3 N–H and O–H groups in total. The molecule has 0 aliphatic heterocycles. The Morgan fingerprint density at radius 3 is 2.34 bits per heavy atom. The molecule has 3 rings (SSSR count). The Hall–Kier alpha value is -3.35. The molecule has 7 nitrogen and oxygen atoms in total. The van der Waals surface area contributed by atoms with E-state index in [-0.39, 0.29) is 23.8 Å². The predicted molar refractivity (Wildman–Crippen MR) is 122 cm³/mol. The number of benzene rings is 2. The number of rotatable bonds is 9. The number of nitrogens with one attached hydrogen (secondary N) is 2. The van der Waals surface area contributed by atoms with E-state index in [4.69, 9.17) is 9.84 Å². The quantitative estimate of drug-likeness (QED) is 0.385. The molecule has 1 aliphatic rings. The maximum absolute atomic E-state index is 12.4. The lowest BCUT2D eigenvalue weighted by Crippen LogP contribution is -2.30. The van der Waals surface area contributed by atoms with E-state index in [9.17, 15) is 14.4 Å². The number of hydrogen-bond acceptors (Lipinski definition) is 4. The van der Waals surface area contributed by atoms with Crippen molar-refractivity contribution in [2.75, 3.05) is 11.9 Å². The molecule has 0 saturated heterocycles. The van der Waals surface area contributed by atoms with Crippen molar-refractivity contribution in [3.63, 3.8) is 0 Å². The van der Waals surface area contributed by atoms with E-state index < -0.39 is 5.97 Å². The number of urea groups is 1. The van der Waals surface area contributed by atoms with Crippen LogP contribution in [0.5, 0.6) is 5.75 Å². The zero-order valence-electron chi connectivity index (χ0n) is 18.3. The van der Waals surface area contributed by atoms with E-state index in [1.807, 2.05) is 31.2 Å². The van der Waals surface area contributed by atoms with Crippen LogP contribution in [0, 0.1) is 12.8 Å². The lowest BCUT2D eigenvalue weighted by molar-refractivity contribution is -0.143. The minimum Gasteiger partial charge on any atom is -0.490 e. The summed E-state index contributed by atoms with van der Waals surface area (Å²) in [6.07, 6.45) is 3.62. The number of para-hydroxylation sites is 1. The largest absolute Gasteiger partial charge is 0.490 e. The highest BCUT2D eigenvalue weighted by atomic mass is 16.5. The molecule has 1 aliphatic carbocycles. The average molecular weight is 439 g/mol. The van der Waals surface area contributed by atoms with E-state index in [1.165, 1.54) is 0 Å². The summed E-state index contributed by atoms with van der Waals surface area (Å²) in [5, 5.41) is 14.6. The first-order chi connectivity index (χ1) is 15.4. The summed E-state index contributed by atoms with van der Waals surface area (Å²) in [5.74, 6) is -0.291. The number of anilines is 1. The smallest absolute Gasteiger partial charge is 0.319 e. The van der Waals surface area contributed by atoms with Gasteiger partial charge in [0.2, 0.25) is 0 Å². The zero-order chi connectivity index (χ0) is 22.9. The molecule has 1 saturated carbocycles.